The molecule has 6 N–H and O–H groups in total. The van der Waals surface area contributed by atoms with Gasteiger partial charge in [0.05, 0.1) is 37.9 Å². The molecule has 0 aromatic rings. The number of unbranched alkanes of at least 4 members (excludes halogenated alkanes) is 35. The van der Waals surface area contributed by atoms with Crippen molar-refractivity contribution < 1.29 is 33.5 Å². The molecule has 0 bridgehead atoms. The monoisotopic (exact) mass is 861 g/mol. The van der Waals surface area contributed by atoms with Crippen LogP contribution in [0.1, 0.15) is 271 Å². The number of aliphatic hydroxyl groups excluding tert-OH is 2. The van der Waals surface area contributed by atoms with Crippen LogP contribution in [0, 0.1) is 0 Å². The van der Waals surface area contributed by atoms with E-state index in [1.54, 1.807) is 0 Å². The lowest BCUT2D eigenvalue weighted by molar-refractivity contribution is -0.125. The quantitative estimate of drug-likeness (QED) is 0.0300. The number of carbonyl (C=O) groups is 1. The summed E-state index contributed by atoms with van der Waals surface area (Å²) in [5, 5.41) is 24.3. The summed E-state index contributed by atoms with van der Waals surface area (Å²) in [6.45, 7) is 4.09. The number of nitrogens with two attached hydrogens (primary N) is 1. The van der Waals surface area contributed by atoms with Crippen LogP contribution >= 0.6 is 7.82 Å². The predicted molar refractivity (Wildman–Crippen MR) is 251 cm³/mol. The molecule has 0 aromatic carbocycles. The summed E-state index contributed by atoms with van der Waals surface area (Å²) in [5.74, 6) is -0.406. The highest BCUT2D eigenvalue weighted by atomic mass is 31.2. The second-order valence-electron chi connectivity index (χ2n) is 17.9. The number of rotatable bonds is 49. The molecule has 4 atom stereocenters. The van der Waals surface area contributed by atoms with Crippen molar-refractivity contribution in [1.82, 2.24) is 5.32 Å². The zero-order valence-corrected chi connectivity index (χ0v) is 40.0. The fraction of sp³-hybridized carbons (Fsp3) is 0.980. The standard InChI is InChI=1S/C49H101N2O7P/c1-3-5-7-9-11-13-15-17-19-21-22-23-24-25-26-28-30-32-34-36-38-40-46(52)44-49(54)51-47(45-58-59(55,56)57-43-42-50)48(53)41-39-37-35-33-31-29-27-20-18-16-14-12-10-8-6-4-2/h46-48,52-53H,3-45,50H2,1-2H3,(H,51,54)(H,55,56). The summed E-state index contributed by atoms with van der Waals surface area (Å²) in [6, 6.07) is -0.891. The Morgan fingerprint density at radius 2 is 0.814 bits per heavy atom. The molecule has 59 heavy (non-hydrogen) atoms. The third-order valence-electron chi connectivity index (χ3n) is 12.0. The van der Waals surface area contributed by atoms with Gasteiger partial charge in [0.15, 0.2) is 0 Å². The van der Waals surface area contributed by atoms with Gasteiger partial charge in [-0.25, -0.2) is 4.57 Å². The summed E-state index contributed by atoms with van der Waals surface area (Å²) in [5.41, 5.74) is 5.39. The zero-order valence-electron chi connectivity index (χ0n) is 39.1. The van der Waals surface area contributed by atoms with E-state index in [9.17, 15) is 24.5 Å². The van der Waals surface area contributed by atoms with Crippen LogP contribution in [-0.4, -0.2) is 59.0 Å². The minimum absolute atomic E-state index is 0.0629. The lowest BCUT2D eigenvalue weighted by Crippen LogP contribution is -2.47. The fourth-order valence-electron chi connectivity index (χ4n) is 8.13. The number of phosphoric ester groups is 1. The van der Waals surface area contributed by atoms with E-state index in [0.717, 1.165) is 38.5 Å². The van der Waals surface area contributed by atoms with Gasteiger partial charge >= 0.3 is 7.82 Å². The molecule has 0 aliphatic heterocycles. The SMILES string of the molecule is CCCCCCCCCCCCCCCCCCCCCCCC(O)CC(=O)NC(COP(=O)(O)OCCN)C(O)CCCCCCCCCCCCCCCCCC. The number of aliphatic hydroxyl groups is 2. The summed E-state index contributed by atoms with van der Waals surface area (Å²) < 4.78 is 22.2. The molecule has 354 valence electrons. The van der Waals surface area contributed by atoms with Crippen LogP contribution in [0.4, 0.5) is 0 Å². The number of nitrogens with one attached hydrogen (secondary N) is 1. The van der Waals surface area contributed by atoms with E-state index in [1.807, 2.05) is 0 Å². The van der Waals surface area contributed by atoms with Crippen molar-refractivity contribution in [3.8, 4) is 0 Å². The highest BCUT2D eigenvalue weighted by Gasteiger charge is 2.28. The molecule has 0 fully saturated rings. The fourth-order valence-corrected chi connectivity index (χ4v) is 8.88. The molecular formula is C49H101N2O7P. The van der Waals surface area contributed by atoms with Crippen LogP contribution in [0.3, 0.4) is 0 Å². The highest BCUT2D eigenvalue weighted by Crippen LogP contribution is 2.43. The Labute approximate surface area is 365 Å². The molecule has 9 nitrogen and oxygen atoms in total. The van der Waals surface area contributed by atoms with Gasteiger partial charge in [0.2, 0.25) is 5.91 Å². The minimum Gasteiger partial charge on any atom is -0.393 e. The van der Waals surface area contributed by atoms with Crippen LogP contribution in [0.15, 0.2) is 0 Å². The van der Waals surface area contributed by atoms with Crippen molar-refractivity contribution in [2.75, 3.05) is 19.8 Å². The summed E-state index contributed by atoms with van der Waals surface area (Å²) in [6.07, 6.45) is 47.2. The van der Waals surface area contributed by atoms with E-state index < -0.39 is 32.0 Å². The van der Waals surface area contributed by atoms with E-state index >= 15 is 0 Å². The first-order valence-electron chi connectivity index (χ1n) is 25.7. The van der Waals surface area contributed by atoms with Crippen molar-refractivity contribution >= 4 is 13.7 Å². The molecule has 0 saturated heterocycles. The zero-order chi connectivity index (χ0) is 43.3. The van der Waals surface area contributed by atoms with Gasteiger partial charge in [-0.2, -0.15) is 0 Å². The van der Waals surface area contributed by atoms with Crippen LogP contribution in [0.25, 0.3) is 0 Å². The molecule has 0 radical (unpaired) electrons. The van der Waals surface area contributed by atoms with Crippen molar-refractivity contribution in [2.45, 2.75) is 289 Å². The topological polar surface area (TPSA) is 151 Å². The van der Waals surface area contributed by atoms with Gasteiger partial charge in [-0.15, -0.1) is 0 Å². The van der Waals surface area contributed by atoms with Crippen molar-refractivity contribution in [2.24, 2.45) is 5.73 Å². The molecule has 0 aliphatic rings. The number of phosphoric acid groups is 1. The Balaban J connectivity index is 4.09. The summed E-state index contributed by atoms with van der Waals surface area (Å²) in [4.78, 5) is 22.9. The molecule has 0 rings (SSSR count). The molecule has 1 amide bonds. The van der Waals surface area contributed by atoms with Gasteiger partial charge in [0.25, 0.3) is 0 Å². The van der Waals surface area contributed by atoms with Crippen LogP contribution < -0.4 is 11.1 Å². The Bertz CT molecular complexity index is 914. The average Bonchev–Trinajstić information content (AvgIpc) is 3.21. The maximum Gasteiger partial charge on any atom is 0.472 e. The van der Waals surface area contributed by atoms with E-state index in [4.69, 9.17) is 14.8 Å². The predicted octanol–water partition coefficient (Wildman–Crippen LogP) is 13.9. The number of hydrogen-bond donors (Lipinski definition) is 5. The van der Waals surface area contributed by atoms with Crippen LogP contribution in [-0.2, 0) is 18.4 Å². The maximum absolute atomic E-state index is 12.9. The van der Waals surface area contributed by atoms with Gasteiger partial charge in [0.1, 0.15) is 0 Å². The molecule has 0 aromatic heterocycles. The molecular weight excluding hydrogens is 760 g/mol. The Morgan fingerprint density at radius 1 is 0.508 bits per heavy atom. The second kappa shape index (κ2) is 45.5. The average molecular weight is 861 g/mol. The third kappa shape index (κ3) is 43.9. The smallest absolute Gasteiger partial charge is 0.393 e. The summed E-state index contributed by atoms with van der Waals surface area (Å²) >= 11 is 0. The van der Waals surface area contributed by atoms with E-state index in [1.165, 1.54) is 199 Å². The highest BCUT2D eigenvalue weighted by molar-refractivity contribution is 7.47. The Hall–Kier alpha value is -0.540. The second-order valence-corrected chi connectivity index (χ2v) is 19.4. The van der Waals surface area contributed by atoms with Gasteiger partial charge in [0, 0.05) is 6.54 Å². The Kier molecular flexibility index (Phi) is 45.1. The normalized spacial score (nSPS) is 14.3. The number of amides is 1. The van der Waals surface area contributed by atoms with Gasteiger partial charge < -0.3 is 26.2 Å². The first-order valence-corrected chi connectivity index (χ1v) is 27.2. The van der Waals surface area contributed by atoms with Gasteiger partial charge in [-0.1, -0.05) is 251 Å². The molecule has 4 unspecified atom stereocenters. The van der Waals surface area contributed by atoms with Gasteiger partial charge in [-0.3, -0.25) is 13.8 Å². The minimum atomic E-state index is -4.37. The lowest BCUT2D eigenvalue weighted by Gasteiger charge is -2.25. The summed E-state index contributed by atoms with van der Waals surface area (Å²) in [7, 11) is -4.37. The molecule has 10 heteroatoms. The van der Waals surface area contributed by atoms with Crippen molar-refractivity contribution in [1.29, 1.82) is 0 Å². The van der Waals surface area contributed by atoms with E-state index in [0.29, 0.717) is 12.8 Å². The molecule has 0 saturated carbocycles. The molecule has 0 aliphatic carbocycles. The Morgan fingerprint density at radius 3 is 1.14 bits per heavy atom. The van der Waals surface area contributed by atoms with Crippen LogP contribution in [0.5, 0.6) is 0 Å². The number of carbonyl (C=O) groups excluding carboxylic acids is 1. The first kappa shape index (κ1) is 58.5. The van der Waals surface area contributed by atoms with E-state index in [2.05, 4.69) is 19.2 Å². The molecule has 0 heterocycles. The maximum atomic E-state index is 12.9. The first-order chi connectivity index (χ1) is 28.8. The number of hydrogen-bond acceptors (Lipinski definition) is 7. The van der Waals surface area contributed by atoms with Crippen LogP contribution in [0.2, 0.25) is 0 Å². The lowest BCUT2D eigenvalue weighted by atomic mass is 10.0. The van der Waals surface area contributed by atoms with Crippen molar-refractivity contribution in [3.63, 3.8) is 0 Å². The third-order valence-corrected chi connectivity index (χ3v) is 13.0. The largest absolute Gasteiger partial charge is 0.472 e. The van der Waals surface area contributed by atoms with Gasteiger partial charge in [-0.05, 0) is 12.8 Å². The van der Waals surface area contributed by atoms with Crippen molar-refractivity contribution in [3.05, 3.63) is 0 Å². The van der Waals surface area contributed by atoms with E-state index in [-0.39, 0.29) is 26.2 Å². The molecule has 0 spiro atoms.